The SMILES string of the molecule is CC(C)(C1=Nc2ccccc2C1(C)C)c1ccccc1. The van der Waals surface area contributed by atoms with Gasteiger partial charge in [-0.3, -0.25) is 4.99 Å². The minimum atomic E-state index is -0.0657. The third-order valence-electron chi connectivity index (χ3n) is 4.49. The molecule has 0 unspecified atom stereocenters. The van der Waals surface area contributed by atoms with Crippen molar-refractivity contribution in [2.75, 3.05) is 0 Å². The van der Waals surface area contributed by atoms with Gasteiger partial charge in [0.15, 0.2) is 0 Å². The van der Waals surface area contributed by atoms with Gasteiger partial charge in [-0.25, -0.2) is 0 Å². The van der Waals surface area contributed by atoms with Crippen LogP contribution in [0.2, 0.25) is 0 Å². The van der Waals surface area contributed by atoms with Crippen molar-refractivity contribution in [2.45, 2.75) is 38.5 Å². The number of hydrogen-bond donors (Lipinski definition) is 0. The van der Waals surface area contributed by atoms with Crippen LogP contribution in [-0.2, 0) is 10.8 Å². The topological polar surface area (TPSA) is 12.4 Å². The summed E-state index contributed by atoms with van der Waals surface area (Å²) in [6.45, 7) is 9.11. The summed E-state index contributed by atoms with van der Waals surface area (Å²) in [6.07, 6.45) is 0. The zero-order chi connectivity index (χ0) is 14.4. The summed E-state index contributed by atoms with van der Waals surface area (Å²) in [5.41, 5.74) is 4.94. The molecule has 1 aliphatic heterocycles. The first-order valence-corrected chi connectivity index (χ1v) is 7.19. The van der Waals surface area contributed by atoms with E-state index in [0.29, 0.717) is 0 Å². The van der Waals surface area contributed by atoms with E-state index in [9.17, 15) is 0 Å². The molecule has 3 rings (SSSR count). The Hall–Kier alpha value is -1.89. The minimum absolute atomic E-state index is 0.0179. The summed E-state index contributed by atoms with van der Waals surface area (Å²) >= 11 is 0. The van der Waals surface area contributed by atoms with Gasteiger partial charge >= 0.3 is 0 Å². The predicted octanol–water partition coefficient (Wildman–Crippen LogP) is 5.03. The Bertz CT molecular complexity index is 663. The zero-order valence-corrected chi connectivity index (χ0v) is 12.6. The van der Waals surface area contributed by atoms with Crippen molar-refractivity contribution in [3.63, 3.8) is 0 Å². The molecule has 2 aromatic rings. The Kier molecular flexibility index (Phi) is 2.82. The molecule has 1 aliphatic rings. The molecule has 0 bridgehead atoms. The number of para-hydroxylation sites is 1. The van der Waals surface area contributed by atoms with Crippen molar-refractivity contribution in [2.24, 2.45) is 4.99 Å². The molecule has 0 radical (unpaired) electrons. The number of fused-ring (bicyclic) bond motifs is 1. The highest BCUT2D eigenvalue weighted by atomic mass is 14.8. The fourth-order valence-electron chi connectivity index (χ4n) is 3.40. The van der Waals surface area contributed by atoms with Gasteiger partial charge < -0.3 is 0 Å². The average Bonchev–Trinajstić information content (AvgIpc) is 2.73. The molecule has 1 heterocycles. The van der Waals surface area contributed by atoms with Crippen molar-refractivity contribution >= 4 is 11.4 Å². The van der Waals surface area contributed by atoms with Gasteiger partial charge in [0.1, 0.15) is 0 Å². The molecule has 0 fully saturated rings. The molecule has 0 atom stereocenters. The second-order valence-electron chi connectivity index (χ2n) is 6.59. The molecule has 0 aliphatic carbocycles. The van der Waals surface area contributed by atoms with Crippen molar-refractivity contribution in [3.05, 3.63) is 65.7 Å². The molecule has 0 saturated heterocycles. The maximum absolute atomic E-state index is 4.97. The number of nitrogens with zero attached hydrogens (tertiary/aromatic N) is 1. The van der Waals surface area contributed by atoms with Gasteiger partial charge in [-0.1, -0.05) is 76.2 Å². The Morgan fingerprint density at radius 1 is 0.850 bits per heavy atom. The van der Waals surface area contributed by atoms with Gasteiger partial charge in [-0.15, -0.1) is 0 Å². The van der Waals surface area contributed by atoms with E-state index in [1.54, 1.807) is 0 Å². The lowest BCUT2D eigenvalue weighted by molar-refractivity contribution is 0.621. The number of rotatable bonds is 2. The lowest BCUT2D eigenvalue weighted by Crippen LogP contribution is -2.40. The second-order valence-corrected chi connectivity index (χ2v) is 6.59. The predicted molar refractivity (Wildman–Crippen MR) is 86.0 cm³/mol. The van der Waals surface area contributed by atoms with Crippen LogP contribution in [0.5, 0.6) is 0 Å². The van der Waals surface area contributed by atoms with Gasteiger partial charge in [-0.2, -0.15) is 0 Å². The maximum atomic E-state index is 4.97. The van der Waals surface area contributed by atoms with Crippen LogP contribution >= 0.6 is 0 Å². The minimum Gasteiger partial charge on any atom is -0.256 e. The van der Waals surface area contributed by atoms with Crippen molar-refractivity contribution in [1.29, 1.82) is 0 Å². The van der Waals surface area contributed by atoms with Crippen molar-refractivity contribution in [3.8, 4) is 0 Å². The molecule has 0 spiro atoms. The van der Waals surface area contributed by atoms with Crippen LogP contribution in [0, 0.1) is 0 Å². The van der Waals surface area contributed by atoms with Crippen molar-refractivity contribution < 1.29 is 0 Å². The molecular formula is C19H21N. The van der Waals surface area contributed by atoms with E-state index in [0.717, 1.165) is 5.69 Å². The smallest absolute Gasteiger partial charge is 0.0671 e. The summed E-state index contributed by atoms with van der Waals surface area (Å²) < 4.78 is 0. The standard InChI is InChI=1S/C19H21N/c1-18(2,14-10-6-5-7-11-14)17-19(3,4)15-12-8-9-13-16(15)20-17/h5-13H,1-4H3. The van der Waals surface area contributed by atoms with Crippen molar-refractivity contribution in [1.82, 2.24) is 0 Å². The van der Waals surface area contributed by atoms with Crippen LogP contribution in [0.15, 0.2) is 59.6 Å². The van der Waals surface area contributed by atoms with Gasteiger partial charge in [-0.05, 0) is 17.2 Å². The summed E-state index contributed by atoms with van der Waals surface area (Å²) in [6, 6.07) is 19.2. The highest BCUT2D eigenvalue weighted by molar-refractivity contribution is 6.07. The van der Waals surface area contributed by atoms with Gasteiger partial charge in [0, 0.05) is 16.5 Å². The van der Waals surface area contributed by atoms with E-state index < -0.39 is 0 Å². The average molecular weight is 263 g/mol. The quantitative estimate of drug-likeness (QED) is 0.720. The lowest BCUT2D eigenvalue weighted by atomic mass is 9.68. The van der Waals surface area contributed by atoms with Crippen LogP contribution in [0.1, 0.15) is 38.8 Å². The second kappa shape index (κ2) is 4.31. The molecule has 1 nitrogen and oxygen atoms in total. The summed E-state index contributed by atoms with van der Waals surface area (Å²) in [5, 5.41) is 0. The highest BCUT2D eigenvalue weighted by Crippen LogP contribution is 2.45. The summed E-state index contributed by atoms with van der Waals surface area (Å²) in [5.74, 6) is 0. The van der Waals surface area contributed by atoms with Gasteiger partial charge in [0.05, 0.1) is 5.69 Å². The number of benzene rings is 2. The monoisotopic (exact) mass is 263 g/mol. The van der Waals surface area contributed by atoms with Crippen LogP contribution in [0.3, 0.4) is 0 Å². The third kappa shape index (κ3) is 1.81. The fraction of sp³-hybridized carbons (Fsp3) is 0.316. The normalized spacial score (nSPS) is 16.7. The number of hydrogen-bond acceptors (Lipinski definition) is 1. The summed E-state index contributed by atoms with van der Waals surface area (Å²) in [7, 11) is 0. The first-order chi connectivity index (χ1) is 9.44. The molecule has 0 saturated carbocycles. The van der Waals surface area contributed by atoms with Gasteiger partial charge in [0.2, 0.25) is 0 Å². The molecule has 102 valence electrons. The van der Waals surface area contributed by atoms with E-state index >= 15 is 0 Å². The lowest BCUT2D eigenvalue weighted by Gasteiger charge is -2.34. The van der Waals surface area contributed by atoms with E-state index in [2.05, 4.69) is 82.3 Å². The van der Waals surface area contributed by atoms with Crippen LogP contribution in [-0.4, -0.2) is 5.71 Å². The molecule has 0 N–H and O–H groups in total. The molecule has 0 aromatic heterocycles. The Labute approximate surface area is 121 Å². The Balaban J connectivity index is 2.13. The van der Waals surface area contributed by atoms with Crippen LogP contribution < -0.4 is 0 Å². The van der Waals surface area contributed by atoms with Gasteiger partial charge in [0.25, 0.3) is 0 Å². The third-order valence-corrected chi connectivity index (χ3v) is 4.49. The highest BCUT2D eigenvalue weighted by Gasteiger charge is 2.43. The van der Waals surface area contributed by atoms with Crippen LogP contribution in [0.25, 0.3) is 0 Å². The van der Waals surface area contributed by atoms with E-state index in [4.69, 9.17) is 4.99 Å². The first kappa shape index (κ1) is 13.1. The molecule has 2 aromatic carbocycles. The number of aliphatic imine (C=N–C) groups is 1. The maximum Gasteiger partial charge on any atom is 0.0671 e. The molecule has 20 heavy (non-hydrogen) atoms. The van der Waals surface area contributed by atoms with E-state index in [1.165, 1.54) is 16.8 Å². The van der Waals surface area contributed by atoms with E-state index in [-0.39, 0.29) is 10.8 Å². The Morgan fingerprint density at radius 3 is 2.10 bits per heavy atom. The van der Waals surface area contributed by atoms with Crippen LogP contribution in [0.4, 0.5) is 5.69 Å². The molecular weight excluding hydrogens is 242 g/mol. The first-order valence-electron chi connectivity index (χ1n) is 7.19. The Morgan fingerprint density at radius 2 is 1.45 bits per heavy atom. The summed E-state index contributed by atoms with van der Waals surface area (Å²) in [4.78, 5) is 4.97. The molecule has 1 heteroatoms. The zero-order valence-electron chi connectivity index (χ0n) is 12.6. The largest absolute Gasteiger partial charge is 0.256 e. The fourth-order valence-corrected chi connectivity index (χ4v) is 3.40. The molecule has 0 amide bonds. The van der Waals surface area contributed by atoms with E-state index in [1.807, 2.05) is 0 Å².